The number of carbonyl (C=O) groups is 1. The van der Waals surface area contributed by atoms with E-state index in [9.17, 15) is 4.79 Å². The van der Waals surface area contributed by atoms with Crippen LogP contribution in [0.15, 0.2) is 24.3 Å². The van der Waals surface area contributed by atoms with Gasteiger partial charge in [0.15, 0.2) is 0 Å². The molecule has 1 aliphatic heterocycles. The third-order valence-electron chi connectivity index (χ3n) is 4.32. The van der Waals surface area contributed by atoms with Crippen molar-refractivity contribution in [3.63, 3.8) is 0 Å². The molecule has 1 heterocycles. The summed E-state index contributed by atoms with van der Waals surface area (Å²) >= 11 is 0. The van der Waals surface area contributed by atoms with Crippen molar-refractivity contribution in [1.82, 2.24) is 10.6 Å². The van der Waals surface area contributed by atoms with Crippen LogP contribution >= 0.6 is 0 Å². The zero-order chi connectivity index (χ0) is 16.8. The fourth-order valence-corrected chi connectivity index (χ4v) is 2.90. The third-order valence-corrected chi connectivity index (χ3v) is 4.32. The molecule has 1 aromatic rings. The molecule has 0 saturated carbocycles. The molecule has 0 radical (unpaired) electrons. The molecule has 1 amide bonds. The second-order valence-corrected chi connectivity index (χ2v) is 7.08. The highest BCUT2D eigenvalue weighted by Gasteiger charge is 2.25. The van der Waals surface area contributed by atoms with Crippen molar-refractivity contribution in [1.29, 1.82) is 0 Å². The summed E-state index contributed by atoms with van der Waals surface area (Å²) in [7, 11) is 0. The summed E-state index contributed by atoms with van der Waals surface area (Å²) < 4.78 is 5.70. The van der Waals surface area contributed by atoms with Crippen molar-refractivity contribution in [3.05, 3.63) is 29.8 Å². The number of hydrogen-bond acceptors (Lipinski definition) is 3. The summed E-state index contributed by atoms with van der Waals surface area (Å²) in [5.74, 6) is 1.70. The molecule has 2 N–H and O–H groups in total. The van der Waals surface area contributed by atoms with E-state index in [4.69, 9.17) is 4.74 Å². The molecular formula is C19H30N2O2. The standard InChI is InChI=1S/C19H30N2O2/c1-13(2)12-23-18-7-5-16(6-8-18)15(4)21-19(22)17-9-10-20-14(3)11-17/h5-8,13-15,17,20H,9-12H2,1-4H3,(H,21,22)/t14-,15?,17-/m0/s1. The Labute approximate surface area is 140 Å². The number of ether oxygens (including phenoxy) is 1. The van der Waals surface area contributed by atoms with Gasteiger partial charge in [-0.25, -0.2) is 0 Å². The topological polar surface area (TPSA) is 50.4 Å². The number of nitrogens with one attached hydrogen (secondary N) is 2. The maximum absolute atomic E-state index is 12.4. The first-order valence-electron chi connectivity index (χ1n) is 8.72. The lowest BCUT2D eigenvalue weighted by Crippen LogP contribution is -2.42. The number of hydrogen-bond donors (Lipinski definition) is 2. The molecule has 0 bridgehead atoms. The predicted octanol–water partition coefficient (Wildman–Crippen LogP) is 3.29. The van der Waals surface area contributed by atoms with Crippen LogP contribution in [0.2, 0.25) is 0 Å². The second-order valence-electron chi connectivity index (χ2n) is 7.08. The number of benzene rings is 1. The van der Waals surface area contributed by atoms with E-state index in [1.807, 2.05) is 31.2 Å². The summed E-state index contributed by atoms with van der Waals surface area (Å²) in [5, 5.41) is 6.53. The average Bonchev–Trinajstić information content (AvgIpc) is 2.53. The van der Waals surface area contributed by atoms with Crippen LogP contribution in [-0.4, -0.2) is 25.1 Å². The fraction of sp³-hybridized carbons (Fsp3) is 0.632. The van der Waals surface area contributed by atoms with Gasteiger partial charge in [0.25, 0.3) is 0 Å². The maximum atomic E-state index is 12.4. The Bertz CT molecular complexity index is 499. The molecule has 4 heteroatoms. The Kier molecular flexibility index (Phi) is 6.46. The van der Waals surface area contributed by atoms with Crippen LogP contribution in [0.4, 0.5) is 0 Å². The Morgan fingerprint density at radius 2 is 2.00 bits per heavy atom. The summed E-state index contributed by atoms with van der Waals surface area (Å²) in [6.07, 6.45) is 1.84. The minimum absolute atomic E-state index is 0.0202. The highest BCUT2D eigenvalue weighted by molar-refractivity contribution is 5.79. The molecule has 128 valence electrons. The Hall–Kier alpha value is -1.55. The first-order valence-corrected chi connectivity index (χ1v) is 8.72. The van der Waals surface area contributed by atoms with Gasteiger partial charge >= 0.3 is 0 Å². The lowest BCUT2D eigenvalue weighted by atomic mass is 9.92. The Morgan fingerprint density at radius 1 is 1.30 bits per heavy atom. The van der Waals surface area contributed by atoms with Gasteiger partial charge < -0.3 is 15.4 Å². The third kappa shape index (κ3) is 5.54. The smallest absolute Gasteiger partial charge is 0.223 e. The van der Waals surface area contributed by atoms with Gasteiger partial charge in [-0.15, -0.1) is 0 Å². The molecule has 1 fully saturated rings. The summed E-state index contributed by atoms with van der Waals surface area (Å²) in [5.41, 5.74) is 1.11. The molecule has 0 aromatic heterocycles. The van der Waals surface area contributed by atoms with Gasteiger partial charge in [-0.05, 0) is 56.8 Å². The van der Waals surface area contributed by atoms with Gasteiger partial charge in [0.05, 0.1) is 12.6 Å². The number of amides is 1. The first-order chi connectivity index (χ1) is 11.0. The molecule has 1 aliphatic rings. The Balaban J connectivity index is 1.87. The molecule has 1 saturated heterocycles. The highest BCUT2D eigenvalue weighted by atomic mass is 16.5. The monoisotopic (exact) mass is 318 g/mol. The van der Waals surface area contributed by atoms with E-state index in [2.05, 4.69) is 31.4 Å². The van der Waals surface area contributed by atoms with Crippen molar-refractivity contribution >= 4 is 5.91 Å². The van der Waals surface area contributed by atoms with Crippen LogP contribution in [0.3, 0.4) is 0 Å². The summed E-state index contributed by atoms with van der Waals surface area (Å²) in [6, 6.07) is 8.47. The minimum Gasteiger partial charge on any atom is -0.493 e. The normalized spacial score (nSPS) is 22.7. The summed E-state index contributed by atoms with van der Waals surface area (Å²) in [6.45, 7) is 10.1. The molecule has 4 nitrogen and oxygen atoms in total. The van der Waals surface area contributed by atoms with E-state index in [1.54, 1.807) is 0 Å². The zero-order valence-electron chi connectivity index (χ0n) is 14.8. The summed E-state index contributed by atoms with van der Waals surface area (Å²) in [4.78, 5) is 12.4. The zero-order valence-corrected chi connectivity index (χ0v) is 14.8. The van der Waals surface area contributed by atoms with Crippen molar-refractivity contribution in [2.45, 2.75) is 52.6 Å². The van der Waals surface area contributed by atoms with Crippen LogP contribution < -0.4 is 15.4 Å². The van der Waals surface area contributed by atoms with Crippen molar-refractivity contribution in [3.8, 4) is 5.75 Å². The van der Waals surface area contributed by atoms with Gasteiger partial charge in [-0.3, -0.25) is 4.79 Å². The highest BCUT2D eigenvalue weighted by Crippen LogP contribution is 2.21. The van der Waals surface area contributed by atoms with Crippen LogP contribution in [0, 0.1) is 11.8 Å². The lowest BCUT2D eigenvalue weighted by molar-refractivity contribution is -0.126. The van der Waals surface area contributed by atoms with Crippen LogP contribution in [0.5, 0.6) is 5.75 Å². The van der Waals surface area contributed by atoms with Crippen LogP contribution in [-0.2, 0) is 4.79 Å². The van der Waals surface area contributed by atoms with E-state index in [-0.39, 0.29) is 17.9 Å². The molecule has 0 spiro atoms. The van der Waals surface area contributed by atoms with E-state index in [0.717, 1.165) is 37.3 Å². The average molecular weight is 318 g/mol. The van der Waals surface area contributed by atoms with E-state index in [1.165, 1.54) is 0 Å². The molecular weight excluding hydrogens is 288 g/mol. The number of rotatable bonds is 6. The molecule has 3 atom stereocenters. The van der Waals surface area contributed by atoms with E-state index in [0.29, 0.717) is 12.0 Å². The lowest BCUT2D eigenvalue weighted by Gasteiger charge is -2.28. The predicted molar refractivity (Wildman–Crippen MR) is 93.5 cm³/mol. The SMILES string of the molecule is CC(C)COc1ccc(C(C)NC(=O)[C@H]2CCN[C@@H](C)C2)cc1. The van der Waals surface area contributed by atoms with Gasteiger partial charge in [0.1, 0.15) is 5.75 Å². The second kappa shape index (κ2) is 8.34. The van der Waals surface area contributed by atoms with Crippen LogP contribution in [0.1, 0.15) is 52.1 Å². The van der Waals surface area contributed by atoms with Gasteiger partial charge in [0, 0.05) is 12.0 Å². The van der Waals surface area contributed by atoms with Gasteiger partial charge in [-0.2, -0.15) is 0 Å². The van der Waals surface area contributed by atoms with Crippen molar-refractivity contribution in [2.75, 3.05) is 13.2 Å². The van der Waals surface area contributed by atoms with Gasteiger partial charge in [0.2, 0.25) is 5.91 Å². The number of piperidine rings is 1. The quantitative estimate of drug-likeness (QED) is 0.846. The molecule has 2 rings (SSSR count). The van der Waals surface area contributed by atoms with Crippen molar-refractivity contribution in [2.24, 2.45) is 11.8 Å². The number of carbonyl (C=O) groups excluding carboxylic acids is 1. The molecule has 1 unspecified atom stereocenters. The van der Waals surface area contributed by atoms with E-state index >= 15 is 0 Å². The van der Waals surface area contributed by atoms with Crippen molar-refractivity contribution < 1.29 is 9.53 Å². The first kappa shape index (κ1) is 17.8. The molecule has 23 heavy (non-hydrogen) atoms. The van der Waals surface area contributed by atoms with E-state index < -0.39 is 0 Å². The maximum Gasteiger partial charge on any atom is 0.223 e. The molecule has 1 aromatic carbocycles. The largest absolute Gasteiger partial charge is 0.493 e. The van der Waals surface area contributed by atoms with Gasteiger partial charge in [-0.1, -0.05) is 26.0 Å². The minimum atomic E-state index is 0.0202. The Morgan fingerprint density at radius 3 is 2.61 bits per heavy atom. The fourth-order valence-electron chi connectivity index (χ4n) is 2.90. The van der Waals surface area contributed by atoms with Crippen LogP contribution in [0.25, 0.3) is 0 Å². The molecule has 0 aliphatic carbocycles.